The third kappa shape index (κ3) is 3.57. The van der Waals surface area contributed by atoms with Gasteiger partial charge in [0.2, 0.25) is 5.91 Å². The summed E-state index contributed by atoms with van der Waals surface area (Å²) in [4.78, 5) is 18.0. The van der Waals surface area contributed by atoms with E-state index in [-0.39, 0.29) is 5.91 Å². The summed E-state index contributed by atoms with van der Waals surface area (Å²) in [6.45, 7) is 2.81. The molecular formula is C13H22N4O. The van der Waals surface area contributed by atoms with E-state index in [1.165, 1.54) is 0 Å². The summed E-state index contributed by atoms with van der Waals surface area (Å²) in [5.41, 5.74) is 0. The first kappa shape index (κ1) is 13.1. The normalized spacial score (nSPS) is 20.4. The highest BCUT2D eigenvalue weighted by Gasteiger charge is 2.20. The molecule has 100 valence electrons. The van der Waals surface area contributed by atoms with Crippen molar-refractivity contribution in [2.24, 2.45) is 0 Å². The van der Waals surface area contributed by atoms with Crippen LogP contribution in [0.3, 0.4) is 0 Å². The molecule has 1 aromatic heterocycles. The third-order valence-electron chi connectivity index (χ3n) is 3.63. The van der Waals surface area contributed by atoms with Crippen molar-refractivity contribution in [3.8, 4) is 0 Å². The number of aryl methyl sites for hydroxylation is 1. The number of imidazole rings is 1. The molecule has 2 rings (SSSR count). The van der Waals surface area contributed by atoms with Gasteiger partial charge in [0, 0.05) is 38.4 Å². The first-order chi connectivity index (χ1) is 8.77. The van der Waals surface area contributed by atoms with Crippen LogP contribution in [-0.2, 0) is 11.3 Å². The molecule has 1 amide bonds. The molecule has 0 aromatic carbocycles. The fourth-order valence-corrected chi connectivity index (χ4v) is 2.41. The van der Waals surface area contributed by atoms with E-state index in [1.807, 2.05) is 22.7 Å². The average molecular weight is 250 g/mol. The van der Waals surface area contributed by atoms with Crippen molar-refractivity contribution in [1.82, 2.24) is 19.8 Å². The molecule has 5 nitrogen and oxygen atoms in total. The Morgan fingerprint density at radius 2 is 2.39 bits per heavy atom. The van der Waals surface area contributed by atoms with E-state index in [0.717, 1.165) is 32.4 Å². The molecule has 1 atom stereocenters. The quantitative estimate of drug-likeness (QED) is 0.863. The first-order valence-electron chi connectivity index (χ1n) is 6.69. The van der Waals surface area contributed by atoms with Crippen molar-refractivity contribution in [3.05, 3.63) is 18.7 Å². The van der Waals surface area contributed by atoms with E-state index in [4.69, 9.17) is 0 Å². The van der Waals surface area contributed by atoms with Crippen LogP contribution < -0.4 is 5.32 Å². The van der Waals surface area contributed by atoms with Crippen LogP contribution in [0.2, 0.25) is 0 Å². The Morgan fingerprint density at radius 3 is 3.17 bits per heavy atom. The molecule has 1 aliphatic rings. The Bertz CT molecular complexity index is 355. The van der Waals surface area contributed by atoms with Crippen LogP contribution in [0, 0.1) is 0 Å². The van der Waals surface area contributed by atoms with Crippen LogP contribution in [-0.4, -0.2) is 46.5 Å². The van der Waals surface area contributed by atoms with Gasteiger partial charge in [-0.15, -0.1) is 0 Å². The topological polar surface area (TPSA) is 50.2 Å². The lowest BCUT2D eigenvalue weighted by atomic mass is 10.1. The van der Waals surface area contributed by atoms with Crippen LogP contribution in [0.4, 0.5) is 0 Å². The zero-order valence-electron chi connectivity index (χ0n) is 11.0. The minimum atomic E-state index is 0.232. The molecule has 2 heterocycles. The molecule has 0 saturated carbocycles. The van der Waals surface area contributed by atoms with E-state index in [2.05, 4.69) is 10.3 Å². The molecule has 0 bridgehead atoms. The second kappa shape index (κ2) is 6.54. The number of carbonyl (C=O) groups excluding carboxylic acids is 1. The lowest BCUT2D eigenvalue weighted by Gasteiger charge is -2.27. The van der Waals surface area contributed by atoms with Gasteiger partial charge in [-0.1, -0.05) is 0 Å². The monoisotopic (exact) mass is 250 g/mol. The number of aromatic nitrogens is 2. The Hall–Kier alpha value is -1.36. The van der Waals surface area contributed by atoms with Crippen LogP contribution in [0.25, 0.3) is 0 Å². The van der Waals surface area contributed by atoms with Crippen LogP contribution in [0.1, 0.15) is 25.7 Å². The molecule has 0 spiro atoms. The maximum Gasteiger partial charge on any atom is 0.224 e. The fourth-order valence-electron chi connectivity index (χ4n) is 2.41. The lowest BCUT2D eigenvalue weighted by molar-refractivity contribution is -0.132. The molecule has 1 aliphatic heterocycles. The van der Waals surface area contributed by atoms with Crippen molar-refractivity contribution in [2.75, 3.05) is 20.1 Å². The second-order valence-corrected chi connectivity index (χ2v) is 4.89. The average Bonchev–Trinajstić information content (AvgIpc) is 2.75. The Morgan fingerprint density at radius 1 is 1.50 bits per heavy atom. The summed E-state index contributed by atoms with van der Waals surface area (Å²) < 4.78 is 1.94. The van der Waals surface area contributed by atoms with E-state index in [1.54, 1.807) is 12.5 Å². The van der Waals surface area contributed by atoms with Crippen LogP contribution >= 0.6 is 0 Å². The predicted octanol–water partition coefficient (Wildman–Crippen LogP) is 0.874. The van der Waals surface area contributed by atoms with Crippen molar-refractivity contribution >= 4 is 5.91 Å². The molecule has 5 heteroatoms. The zero-order chi connectivity index (χ0) is 12.8. The van der Waals surface area contributed by atoms with Crippen LogP contribution in [0.15, 0.2) is 18.7 Å². The fraction of sp³-hybridized carbons (Fsp3) is 0.692. The highest BCUT2D eigenvalue weighted by molar-refractivity contribution is 5.76. The van der Waals surface area contributed by atoms with Gasteiger partial charge < -0.3 is 14.8 Å². The largest absolute Gasteiger partial charge is 0.343 e. The molecular weight excluding hydrogens is 228 g/mol. The van der Waals surface area contributed by atoms with E-state index < -0.39 is 0 Å². The number of rotatable bonds is 4. The molecule has 0 radical (unpaired) electrons. The van der Waals surface area contributed by atoms with Gasteiger partial charge in [0.05, 0.1) is 6.33 Å². The molecule has 0 aliphatic carbocycles. The molecule has 1 N–H and O–H groups in total. The first-order valence-corrected chi connectivity index (χ1v) is 6.69. The zero-order valence-corrected chi connectivity index (χ0v) is 11.0. The third-order valence-corrected chi connectivity index (χ3v) is 3.63. The summed E-state index contributed by atoms with van der Waals surface area (Å²) in [5, 5.41) is 3.38. The Labute approximate surface area is 108 Å². The standard InChI is InChI=1S/C13H22N4O/c1-16(12-3-2-6-14-7-4-12)13(18)5-9-17-10-8-15-11-17/h8,10-12,14H,2-7,9H2,1H3. The van der Waals surface area contributed by atoms with Crippen molar-refractivity contribution < 1.29 is 4.79 Å². The van der Waals surface area contributed by atoms with Gasteiger partial charge in [-0.05, 0) is 32.4 Å². The lowest BCUT2D eigenvalue weighted by Crippen LogP contribution is -2.37. The summed E-state index contributed by atoms with van der Waals surface area (Å²) in [6.07, 6.45) is 9.27. The van der Waals surface area contributed by atoms with Gasteiger partial charge in [-0.25, -0.2) is 4.98 Å². The maximum absolute atomic E-state index is 12.1. The minimum absolute atomic E-state index is 0.232. The van der Waals surface area contributed by atoms with Gasteiger partial charge in [0.1, 0.15) is 0 Å². The van der Waals surface area contributed by atoms with Gasteiger partial charge in [-0.2, -0.15) is 0 Å². The van der Waals surface area contributed by atoms with Gasteiger partial charge >= 0.3 is 0 Å². The predicted molar refractivity (Wildman–Crippen MR) is 70.1 cm³/mol. The van der Waals surface area contributed by atoms with Gasteiger partial charge in [-0.3, -0.25) is 4.79 Å². The van der Waals surface area contributed by atoms with Gasteiger partial charge in [0.25, 0.3) is 0 Å². The van der Waals surface area contributed by atoms with Crippen molar-refractivity contribution in [3.63, 3.8) is 0 Å². The smallest absolute Gasteiger partial charge is 0.224 e. The number of amides is 1. The van der Waals surface area contributed by atoms with Crippen LogP contribution in [0.5, 0.6) is 0 Å². The number of hydrogen-bond acceptors (Lipinski definition) is 3. The minimum Gasteiger partial charge on any atom is -0.343 e. The SMILES string of the molecule is CN(C(=O)CCn1ccnc1)C1CCCNCC1. The summed E-state index contributed by atoms with van der Waals surface area (Å²) in [6, 6.07) is 0.398. The number of nitrogens with one attached hydrogen (secondary N) is 1. The van der Waals surface area contributed by atoms with E-state index >= 15 is 0 Å². The highest BCUT2D eigenvalue weighted by atomic mass is 16.2. The number of carbonyl (C=O) groups is 1. The Kier molecular flexibility index (Phi) is 4.75. The maximum atomic E-state index is 12.1. The second-order valence-electron chi connectivity index (χ2n) is 4.89. The molecule has 1 aromatic rings. The Balaban J connectivity index is 1.79. The summed E-state index contributed by atoms with van der Waals surface area (Å²) >= 11 is 0. The number of nitrogens with zero attached hydrogens (tertiary/aromatic N) is 3. The summed E-state index contributed by atoms with van der Waals surface area (Å²) in [5.74, 6) is 0.232. The molecule has 1 saturated heterocycles. The molecule has 1 fully saturated rings. The molecule has 18 heavy (non-hydrogen) atoms. The van der Waals surface area contributed by atoms with Crippen molar-refractivity contribution in [2.45, 2.75) is 38.3 Å². The summed E-state index contributed by atoms with van der Waals surface area (Å²) in [7, 11) is 1.94. The number of hydrogen-bond donors (Lipinski definition) is 1. The highest BCUT2D eigenvalue weighted by Crippen LogP contribution is 2.13. The molecule has 1 unspecified atom stereocenters. The van der Waals surface area contributed by atoms with E-state index in [9.17, 15) is 4.79 Å². The van der Waals surface area contributed by atoms with Crippen molar-refractivity contribution in [1.29, 1.82) is 0 Å². The van der Waals surface area contributed by atoms with E-state index in [0.29, 0.717) is 19.0 Å². The van der Waals surface area contributed by atoms with Gasteiger partial charge in [0.15, 0.2) is 0 Å².